The molecule has 0 spiro atoms. The quantitative estimate of drug-likeness (QED) is 0.338. The van der Waals surface area contributed by atoms with Crippen LogP contribution in [-0.2, 0) is 6.54 Å². The van der Waals surface area contributed by atoms with E-state index in [4.69, 9.17) is 10.9 Å². The van der Waals surface area contributed by atoms with Gasteiger partial charge in [-0.1, -0.05) is 17.3 Å². The van der Waals surface area contributed by atoms with Crippen LogP contribution < -0.4 is 5.73 Å². The zero-order chi connectivity index (χ0) is 15.0. The van der Waals surface area contributed by atoms with Gasteiger partial charge < -0.3 is 15.5 Å². The minimum atomic E-state index is 0.124. The molecule has 2 aromatic heterocycles. The maximum atomic E-state index is 8.87. The minimum absolute atomic E-state index is 0.124. The Morgan fingerprint density at radius 2 is 2.19 bits per heavy atom. The topological polar surface area (TPSA) is 76.4 Å². The van der Waals surface area contributed by atoms with Crippen LogP contribution in [0.5, 0.6) is 0 Å². The van der Waals surface area contributed by atoms with Crippen LogP contribution in [0.3, 0.4) is 0 Å². The zero-order valence-corrected chi connectivity index (χ0v) is 12.7. The van der Waals surface area contributed by atoms with Gasteiger partial charge in [-0.2, -0.15) is 0 Å². The summed E-state index contributed by atoms with van der Waals surface area (Å²) in [6, 6.07) is 7.76. The van der Waals surface area contributed by atoms with Crippen LogP contribution >= 0.6 is 11.3 Å². The Kier molecular flexibility index (Phi) is 3.39. The van der Waals surface area contributed by atoms with Crippen molar-refractivity contribution in [2.24, 2.45) is 10.9 Å². The predicted molar refractivity (Wildman–Crippen MR) is 85.1 cm³/mol. The lowest BCUT2D eigenvalue weighted by Crippen LogP contribution is -2.13. The number of benzene rings is 1. The van der Waals surface area contributed by atoms with E-state index in [1.54, 1.807) is 11.3 Å². The summed E-state index contributed by atoms with van der Waals surface area (Å²) in [4.78, 5) is 5.82. The van der Waals surface area contributed by atoms with E-state index in [0.29, 0.717) is 0 Å². The lowest BCUT2D eigenvalue weighted by Gasteiger charge is -2.05. The largest absolute Gasteiger partial charge is 0.409 e. The van der Waals surface area contributed by atoms with E-state index in [1.807, 2.05) is 37.4 Å². The summed E-state index contributed by atoms with van der Waals surface area (Å²) in [7, 11) is 0. The van der Waals surface area contributed by atoms with Crippen molar-refractivity contribution >= 4 is 28.1 Å². The molecule has 3 N–H and O–H groups in total. The van der Waals surface area contributed by atoms with E-state index in [-0.39, 0.29) is 5.84 Å². The Bertz CT molecular complexity index is 812. The molecule has 0 atom stereocenters. The van der Waals surface area contributed by atoms with Crippen molar-refractivity contribution in [2.75, 3.05) is 0 Å². The van der Waals surface area contributed by atoms with Gasteiger partial charge in [0, 0.05) is 27.5 Å². The summed E-state index contributed by atoms with van der Waals surface area (Å²) in [5.41, 5.74) is 8.59. The van der Waals surface area contributed by atoms with Crippen molar-refractivity contribution in [3.05, 3.63) is 51.6 Å². The van der Waals surface area contributed by atoms with E-state index >= 15 is 0 Å². The van der Waals surface area contributed by atoms with Crippen LogP contribution in [0.15, 0.2) is 35.6 Å². The van der Waals surface area contributed by atoms with Gasteiger partial charge in [0.15, 0.2) is 5.84 Å². The number of hydrogen-bond acceptors (Lipinski definition) is 4. The molecular formula is C15H16N4OS. The molecule has 0 unspecified atom stereocenters. The third-order valence-corrected chi connectivity index (χ3v) is 4.63. The van der Waals surface area contributed by atoms with Crippen molar-refractivity contribution in [1.29, 1.82) is 0 Å². The third kappa shape index (κ3) is 2.38. The number of aromatic nitrogens is 2. The molecular weight excluding hydrogens is 284 g/mol. The molecule has 6 heteroatoms. The molecule has 3 aromatic rings. The fourth-order valence-electron chi connectivity index (χ4n) is 2.39. The highest BCUT2D eigenvalue weighted by Crippen LogP contribution is 2.23. The summed E-state index contributed by atoms with van der Waals surface area (Å²) in [6.45, 7) is 4.84. The van der Waals surface area contributed by atoms with E-state index in [9.17, 15) is 0 Å². The molecule has 0 saturated heterocycles. The predicted octanol–water partition coefficient (Wildman–Crippen LogP) is 2.86. The molecule has 108 valence electrons. The van der Waals surface area contributed by atoms with Crippen molar-refractivity contribution in [3.63, 3.8) is 0 Å². The van der Waals surface area contributed by atoms with Gasteiger partial charge in [0.25, 0.3) is 0 Å². The Morgan fingerprint density at radius 1 is 1.38 bits per heavy atom. The molecule has 3 rings (SSSR count). The molecule has 0 aliphatic carbocycles. The Hall–Kier alpha value is -2.34. The second kappa shape index (κ2) is 5.21. The molecule has 2 heterocycles. The molecule has 0 aliphatic rings. The number of aryl methyl sites for hydroxylation is 2. The monoisotopic (exact) mass is 300 g/mol. The van der Waals surface area contributed by atoms with Crippen LogP contribution in [0.4, 0.5) is 0 Å². The van der Waals surface area contributed by atoms with E-state index in [0.717, 1.165) is 33.7 Å². The van der Waals surface area contributed by atoms with Gasteiger partial charge >= 0.3 is 0 Å². The number of fused-ring (bicyclic) bond motifs is 1. The lowest BCUT2D eigenvalue weighted by atomic mass is 10.1. The summed E-state index contributed by atoms with van der Waals surface area (Å²) in [5, 5.41) is 14.0. The first-order valence-electron chi connectivity index (χ1n) is 6.59. The number of hydrogen-bond donors (Lipinski definition) is 2. The van der Waals surface area contributed by atoms with Crippen molar-refractivity contribution in [1.82, 2.24) is 9.55 Å². The Labute approximate surface area is 126 Å². The van der Waals surface area contributed by atoms with Gasteiger partial charge in [-0.05, 0) is 26.0 Å². The lowest BCUT2D eigenvalue weighted by molar-refractivity contribution is 0.318. The van der Waals surface area contributed by atoms with Gasteiger partial charge in [-0.3, -0.25) is 0 Å². The summed E-state index contributed by atoms with van der Waals surface area (Å²) in [5.74, 6) is 0.124. The Balaban J connectivity index is 2.05. The second-order valence-electron chi connectivity index (χ2n) is 4.92. The first-order chi connectivity index (χ1) is 10.1. The smallest absolute Gasteiger partial charge is 0.170 e. The number of amidine groups is 1. The Morgan fingerprint density at radius 3 is 2.86 bits per heavy atom. The van der Waals surface area contributed by atoms with E-state index < -0.39 is 0 Å². The van der Waals surface area contributed by atoms with Crippen molar-refractivity contribution in [2.45, 2.75) is 20.4 Å². The normalized spacial score (nSPS) is 12.2. The fourth-order valence-corrected chi connectivity index (χ4v) is 3.32. The number of oxime groups is 1. The number of nitrogens with zero attached hydrogens (tertiary/aromatic N) is 3. The highest BCUT2D eigenvalue weighted by molar-refractivity contribution is 7.11. The van der Waals surface area contributed by atoms with Gasteiger partial charge in [0.05, 0.1) is 12.2 Å². The molecule has 0 radical (unpaired) electrons. The van der Waals surface area contributed by atoms with Crippen LogP contribution in [0, 0.1) is 13.8 Å². The molecule has 0 amide bonds. The molecule has 0 bridgehead atoms. The van der Waals surface area contributed by atoms with Crippen molar-refractivity contribution < 1.29 is 5.21 Å². The average Bonchev–Trinajstić information content (AvgIpc) is 3.02. The van der Waals surface area contributed by atoms with E-state index in [2.05, 4.69) is 21.6 Å². The number of rotatable bonds is 3. The first-order valence-corrected chi connectivity index (χ1v) is 7.40. The van der Waals surface area contributed by atoms with Crippen molar-refractivity contribution in [3.8, 4) is 0 Å². The maximum absolute atomic E-state index is 8.87. The van der Waals surface area contributed by atoms with Gasteiger partial charge in [0.2, 0.25) is 0 Å². The molecule has 5 nitrogen and oxygen atoms in total. The first kappa shape index (κ1) is 13.6. The van der Waals surface area contributed by atoms with E-state index in [1.165, 1.54) is 4.88 Å². The van der Waals surface area contributed by atoms with Gasteiger partial charge in [-0.25, -0.2) is 4.98 Å². The fraction of sp³-hybridized carbons (Fsp3) is 0.200. The summed E-state index contributed by atoms with van der Waals surface area (Å²) >= 11 is 1.72. The number of nitrogens with two attached hydrogens (primary N) is 1. The van der Waals surface area contributed by atoms with Crippen LogP contribution in [0.2, 0.25) is 0 Å². The zero-order valence-electron chi connectivity index (χ0n) is 11.9. The molecule has 0 fully saturated rings. The number of thiazole rings is 1. The van der Waals surface area contributed by atoms with Gasteiger partial charge in [-0.15, -0.1) is 11.3 Å². The van der Waals surface area contributed by atoms with Crippen LogP contribution in [0.1, 0.15) is 21.1 Å². The summed E-state index contributed by atoms with van der Waals surface area (Å²) in [6.07, 6.45) is 2.00. The molecule has 0 aliphatic heterocycles. The third-order valence-electron chi connectivity index (χ3n) is 3.58. The average molecular weight is 300 g/mol. The minimum Gasteiger partial charge on any atom is -0.409 e. The SMILES string of the molecule is Cc1nc(Cn2ccc3c(/C(N)=N/O)cccc32)sc1C. The molecule has 21 heavy (non-hydrogen) atoms. The highest BCUT2D eigenvalue weighted by atomic mass is 32.1. The van der Waals surface area contributed by atoms with Crippen LogP contribution in [0.25, 0.3) is 10.9 Å². The molecule has 0 saturated carbocycles. The second-order valence-corrected chi connectivity index (χ2v) is 6.20. The summed E-state index contributed by atoms with van der Waals surface area (Å²) < 4.78 is 2.13. The highest BCUT2D eigenvalue weighted by Gasteiger charge is 2.10. The maximum Gasteiger partial charge on any atom is 0.170 e. The standard InChI is InChI=1S/C15H16N4OS/c1-9-10(2)21-14(17-9)8-19-7-6-11-12(15(16)18-20)4-3-5-13(11)19/h3-7,20H,8H2,1-2H3,(H2,16,18). The van der Waals surface area contributed by atoms with Crippen LogP contribution in [-0.4, -0.2) is 20.6 Å². The van der Waals surface area contributed by atoms with Gasteiger partial charge in [0.1, 0.15) is 5.01 Å². The molecule has 1 aromatic carbocycles.